The quantitative estimate of drug-likeness (QED) is 0.694. The molecular formula is C18H17N3O. The lowest BCUT2D eigenvalue weighted by Gasteiger charge is -2.11. The van der Waals surface area contributed by atoms with Crippen molar-refractivity contribution in [1.82, 2.24) is 0 Å². The first-order valence-electron chi connectivity index (χ1n) is 6.86. The van der Waals surface area contributed by atoms with Crippen LogP contribution in [0, 0.1) is 11.3 Å². The van der Waals surface area contributed by atoms with E-state index in [0.717, 1.165) is 11.3 Å². The first-order valence-corrected chi connectivity index (χ1v) is 6.86. The molecule has 1 N–H and O–H groups in total. The van der Waals surface area contributed by atoms with Gasteiger partial charge in [0.15, 0.2) is 0 Å². The fourth-order valence-corrected chi connectivity index (χ4v) is 1.90. The van der Waals surface area contributed by atoms with E-state index in [1.165, 1.54) is 0 Å². The number of benzene rings is 2. The lowest BCUT2D eigenvalue weighted by molar-refractivity contribution is -0.112. The summed E-state index contributed by atoms with van der Waals surface area (Å²) in [6.07, 6.45) is 1.58. The highest BCUT2D eigenvalue weighted by Crippen LogP contribution is 2.15. The lowest BCUT2D eigenvalue weighted by Crippen LogP contribution is -2.13. The van der Waals surface area contributed by atoms with E-state index in [1.54, 1.807) is 18.2 Å². The van der Waals surface area contributed by atoms with Gasteiger partial charge in [0.05, 0.1) is 0 Å². The van der Waals surface area contributed by atoms with E-state index in [-0.39, 0.29) is 5.57 Å². The van der Waals surface area contributed by atoms with Gasteiger partial charge in [-0.3, -0.25) is 4.79 Å². The molecule has 0 aromatic heterocycles. The Morgan fingerprint density at radius 3 is 2.27 bits per heavy atom. The molecule has 0 bridgehead atoms. The topological polar surface area (TPSA) is 56.1 Å². The minimum absolute atomic E-state index is 0.0708. The zero-order valence-corrected chi connectivity index (χ0v) is 12.6. The van der Waals surface area contributed by atoms with Gasteiger partial charge in [0.2, 0.25) is 0 Å². The molecule has 110 valence electrons. The van der Waals surface area contributed by atoms with Crippen LogP contribution in [0.25, 0.3) is 6.08 Å². The van der Waals surface area contributed by atoms with Crippen LogP contribution in [-0.2, 0) is 4.79 Å². The molecule has 0 fully saturated rings. The molecule has 4 heteroatoms. The molecule has 0 atom stereocenters. The van der Waals surface area contributed by atoms with Gasteiger partial charge in [0.1, 0.15) is 11.6 Å². The van der Waals surface area contributed by atoms with Crippen LogP contribution in [0.15, 0.2) is 60.2 Å². The Morgan fingerprint density at radius 2 is 1.73 bits per heavy atom. The van der Waals surface area contributed by atoms with E-state index in [2.05, 4.69) is 5.32 Å². The predicted molar refractivity (Wildman–Crippen MR) is 89.4 cm³/mol. The normalized spacial score (nSPS) is 10.7. The van der Waals surface area contributed by atoms with E-state index in [0.29, 0.717) is 5.69 Å². The molecule has 2 aromatic rings. The Labute approximate surface area is 130 Å². The Kier molecular flexibility index (Phi) is 4.94. The second-order valence-corrected chi connectivity index (χ2v) is 4.98. The highest BCUT2D eigenvalue weighted by molar-refractivity contribution is 6.09. The molecule has 2 aromatic carbocycles. The second-order valence-electron chi connectivity index (χ2n) is 4.98. The van der Waals surface area contributed by atoms with Crippen LogP contribution in [0.4, 0.5) is 11.4 Å². The number of hydrogen-bond donors (Lipinski definition) is 1. The number of anilines is 2. The zero-order valence-electron chi connectivity index (χ0n) is 12.6. The average molecular weight is 291 g/mol. The smallest absolute Gasteiger partial charge is 0.266 e. The summed E-state index contributed by atoms with van der Waals surface area (Å²) in [5.74, 6) is -0.412. The Balaban J connectivity index is 2.16. The molecule has 0 heterocycles. The molecule has 0 unspecified atom stereocenters. The Bertz CT molecular complexity index is 710. The number of rotatable bonds is 4. The number of amides is 1. The van der Waals surface area contributed by atoms with E-state index in [9.17, 15) is 10.1 Å². The number of nitrogens with one attached hydrogen (secondary N) is 1. The van der Waals surface area contributed by atoms with Crippen molar-refractivity contribution in [1.29, 1.82) is 5.26 Å². The van der Waals surface area contributed by atoms with Crippen LogP contribution >= 0.6 is 0 Å². The zero-order chi connectivity index (χ0) is 15.9. The second kappa shape index (κ2) is 7.09. The fraction of sp³-hybridized carbons (Fsp3) is 0.111. The van der Waals surface area contributed by atoms with Crippen LogP contribution in [-0.4, -0.2) is 20.0 Å². The summed E-state index contributed by atoms with van der Waals surface area (Å²) in [5, 5.41) is 11.9. The maximum absolute atomic E-state index is 12.1. The molecular weight excluding hydrogens is 274 g/mol. The molecule has 22 heavy (non-hydrogen) atoms. The number of para-hydroxylation sites is 1. The first kappa shape index (κ1) is 15.3. The molecule has 2 rings (SSSR count). The van der Waals surface area contributed by atoms with Gasteiger partial charge in [-0.15, -0.1) is 0 Å². The third-order valence-corrected chi connectivity index (χ3v) is 3.12. The van der Waals surface area contributed by atoms with E-state index in [4.69, 9.17) is 0 Å². The van der Waals surface area contributed by atoms with E-state index in [1.807, 2.05) is 67.5 Å². The van der Waals surface area contributed by atoms with Crippen LogP contribution < -0.4 is 10.2 Å². The summed E-state index contributed by atoms with van der Waals surface area (Å²) < 4.78 is 0. The maximum atomic E-state index is 12.1. The van der Waals surface area contributed by atoms with Gasteiger partial charge in [-0.05, 0) is 35.9 Å². The van der Waals surface area contributed by atoms with Crippen LogP contribution in [0.2, 0.25) is 0 Å². The van der Waals surface area contributed by atoms with Crippen LogP contribution in [0.3, 0.4) is 0 Å². The van der Waals surface area contributed by atoms with E-state index >= 15 is 0 Å². The minimum Gasteiger partial charge on any atom is -0.378 e. The average Bonchev–Trinajstić information content (AvgIpc) is 2.53. The van der Waals surface area contributed by atoms with Gasteiger partial charge in [0, 0.05) is 25.5 Å². The molecule has 0 radical (unpaired) electrons. The highest BCUT2D eigenvalue weighted by atomic mass is 16.1. The lowest BCUT2D eigenvalue weighted by atomic mass is 10.1. The highest BCUT2D eigenvalue weighted by Gasteiger charge is 2.09. The van der Waals surface area contributed by atoms with Gasteiger partial charge in [-0.25, -0.2) is 0 Å². The van der Waals surface area contributed by atoms with Crippen molar-refractivity contribution in [2.75, 3.05) is 24.3 Å². The third kappa shape index (κ3) is 3.97. The van der Waals surface area contributed by atoms with Crippen molar-refractivity contribution < 1.29 is 4.79 Å². The number of hydrogen-bond acceptors (Lipinski definition) is 3. The SMILES string of the molecule is CN(C)c1ccc(C=C(C#N)C(=O)Nc2ccccc2)cc1. The van der Waals surface area contributed by atoms with Gasteiger partial charge >= 0.3 is 0 Å². The molecule has 0 spiro atoms. The Morgan fingerprint density at radius 1 is 1.09 bits per heavy atom. The number of nitrogens with zero attached hydrogens (tertiary/aromatic N) is 2. The fourth-order valence-electron chi connectivity index (χ4n) is 1.90. The maximum Gasteiger partial charge on any atom is 0.266 e. The largest absolute Gasteiger partial charge is 0.378 e. The van der Waals surface area contributed by atoms with Gasteiger partial charge in [0.25, 0.3) is 5.91 Å². The van der Waals surface area contributed by atoms with Crippen molar-refractivity contribution in [2.24, 2.45) is 0 Å². The predicted octanol–water partition coefficient (Wildman–Crippen LogP) is 3.30. The summed E-state index contributed by atoms with van der Waals surface area (Å²) in [7, 11) is 3.91. The molecule has 1 amide bonds. The minimum atomic E-state index is -0.412. The molecule has 0 aliphatic rings. The number of carbonyl (C=O) groups is 1. The van der Waals surface area contributed by atoms with Gasteiger partial charge in [-0.2, -0.15) is 5.26 Å². The van der Waals surface area contributed by atoms with Crippen molar-refractivity contribution in [2.45, 2.75) is 0 Å². The van der Waals surface area contributed by atoms with Crippen molar-refractivity contribution in [3.05, 3.63) is 65.7 Å². The molecule has 0 aliphatic heterocycles. The summed E-state index contributed by atoms with van der Waals surface area (Å²) in [6.45, 7) is 0. The monoisotopic (exact) mass is 291 g/mol. The molecule has 0 saturated heterocycles. The summed E-state index contributed by atoms with van der Waals surface area (Å²) in [4.78, 5) is 14.1. The summed E-state index contributed by atoms with van der Waals surface area (Å²) in [6, 6.07) is 18.6. The van der Waals surface area contributed by atoms with Crippen LogP contribution in [0.5, 0.6) is 0 Å². The molecule has 0 saturated carbocycles. The van der Waals surface area contributed by atoms with Crippen LogP contribution in [0.1, 0.15) is 5.56 Å². The first-order chi connectivity index (χ1) is 10.6. The number of carbonyl (C=O) groups excluding carboxylic acids is 1. The van der Waals surface area contributed by atoms with Gasteiger partial charge in [-0.1, -0.05) is 30.3 Å². The van der Waals surface area contributed by atoms with Crippen molar-refractivity contribution in [3.63, 3.8) is 0 Å². The van der Waals surface area contributed by atoms with E-state index < -0.39 is 5.91 Å². The van der Waals surface area contributed by atoms with Gasteiger partial charge < -0.3 is 10.2 Å². The Hall–Kier alpha value is -3.06. The number of nitriles is 1. The summed E-state index contributed by atoms with van der Waals surface area (Å²) >= 11 is 0. The standard InChI is InChI=1S/C18H17N3O/c1-21(2)17-10-8-14(9-11-17)12-15(13-19)18(22)20-16-6-4-3-5-7-16/h3-12H,1-2H3,(H,20,22). The molecule has 4 nitrogen and oxygen atoms in total. The van der Waals surface area contributed by atoms with Crippen molar-refractivity contribution >= 4 is 23.4 Å². The summed E-state index contributed by atoms with van der Waals surface area (Å²) in [5.41, 5.74) is 2.60. The molecule has 0 aliphatic carbocycles. The van der Waals surface area contributed by atoms with Crippen molar-refractivity contribution in [3.8, 4) is 6.07 Å². The third-order valence-electron chi connectivity index (χ3n) is 3.12.